The highest BCUT2D eigenvalue weighted by molar-refractivity contribution is 9.10. The summed E-state index contributed by atoms with van der Waals surface area (Å²) in [5.41, 5.74) is 0. The molecule has 1 unspecified atom stereocenters. The van der Waals surface area contributed by atoms with E-state index in [-0.39, 0.29) is 6.61 Å². The maximum atomic E-state index is 10.8. The maximum Gasteiger partial charge on any atom is 0.347 e. The van der Waals surface area contributed by atoms with Crippen LogP contribution in [-0.2, 0) is 9.53 Å². The second kappa shape index (κ2) is 6.08. The van der Waals surface area contributed by atoms with Gasteiger partial charge in [-0.1, -0.05) is 11.6 Å². The van der Waals surface area contributed by atoms with E-state index in [0.717, 1.165) is 0 Å². The molecule has 88 valence electrons. The van der Waals surface area contributed by atoms with Crippen molar-refractivity contribution in [1.82, 2.24) is 0 Å². The molecule has 1 N–H and O–H groups in total. The zero-order valence-electron chi connectivity index (χ0n) is 8.44. The van der Waals surface area contributed by atoms with E-state index in [2.05, 4.69) is 15.9 Å². The van der Waals surface area contributed by atoms with Gasteiger partial charge in [0.2, 0.25) is 6.10 Å². The largest absolute Gasteiger partial charge is 0.478 e. The number of rotatable bonds is 5. The normalized spacial score (nSPS) is 12.2. The van der Waals surface area contributed by atoms with Crippen LogP contribution in [0.3, 0.4) is 0 Å². The maximum absolute atomic E-state index is 10.8. The van der Waals surface area contributed by atoms with Crippen LogP contribution in [0, 0.1) is 0 Å². The Morgan fingerprint density at radius 1 is 1.62 bits per heavy atom. The van der Waals surface area contributed by atoms with Gasteiger partial charge in [0.25, 0.3) is 0 Å². The highest BCUT2D eigenvalue weighted by atomic mass is 79.9. The standard InChI is InChI=1S/C10H10BrClO4/c1-15-5-9(10(13)14)16-8-3-2-6(12)4-7(8)11/h2-4,9H,5H2,1H3,(H,13,14). The molecule has 0 aliphatic rings. The number of hydrogen-bond acceptors (Lipinski definition) is 3. The minimum absolute atomic E-state index is 0.0234. The summed E-state index contributed by atoms with van der Waals surface area (Å²) >= 11 is 8.98. The third-order valence-corrected chi connectivity index (χ3v) is 2.61. The van der Waals surface area contributed by atoms with Gasteiger partial charge in [0, 0.05) is 12.1 Å². The fourth-order valence-corrected chi connectivity index (χ4v) is 1.81. The molecule has 0 fully saturated rings. The van der Waals surface area contributed by atoms with Crippen LogP contribution in [0.5, 0.6) is 5.75 Å². The summed E-state index contributed by atoms with van der Waals surface area (Å²) in [7, 11) is 1.41. The van der Waals surface area contributed by atoms with E-state index in [9.17, 15) is 4.79 Å². The smallest absolute Gasteiger partial charge is 0.347 e. The monoisotopic (exact) mass is 308 g/mol. The SMILES string of the molecule is COCC(Oc1ccc(Cl)cc1Br)C(=O)O. The molecule has 0 amide bonds. The minimum Gasteiger partial charge on any atom is -0.478 e. The van der Waals surface area contributed by atoms with Crippen LogP contribution in [0.1, 0.15) is 0 Å². The topological polar surface area (TPSA) is 55.8 Å². The van der Waals surface area contributed by atoms with Crippen LogP contribution in [0.2, 0.25) is 5.02 Å². The molecule has 0 aromatic heterocycles. The van der Waals surface area contributed by atoms with E-state index in [1.807, 2.05) is 0 Å². The second-order valence-electron chi connectivity index (χ2n) is 2.97. The Kier molecular flexibility index (Phi) is 5.05. The molecule has 16 heavy (non-hydrogen) atoms. The first-order chi connectivity index (χ1) is 7.54. The lowest BCUT2D eigenvalue weighted by Crippen LogP contribution is -2.31. The average molecular weight is 310 g/mol. The van der Waals surface area contributed by atoms with Gasteiger partial charge in [-0.15, -0.1) is 0 Å². The van der Waals surface area contributed by atoms with Crippen LogP contribution in [-0.4, -0.2) is 30.9 Å². The Hall–Kier alpha value is -0.780. The summed E-state index contributed by atoms with van der Waals surface area (Å²) in [6.07, 6.45) is -1.04. The Morgan fingerprint density at radius 3 is 2.81 bits per heavy atom. The molecule has 0 radical (unpaired) electrons. The average Bonchev–Trinajstić information content (AvgIpc) is 2.20. The first-order valence-electron chi connectivity index (χ1n) is 4.38. The van der Waals surface area contributed by atoms with Crippen molar-refractivity contribution in [3.05, 3.63) is 27.7 Å². The minimum atomic E-state index is -1.08. The predicted octanol–water partition coefficient (Wildman–Crippen LogP) is 2.58. The lowest BCUT2D eigenvalue weighted by atomic mass is 10.3. The molecule has 0 saturated heterocycles. The molecular weight excluding hydrogens is 299 g/mol. The number of carbonyl (C=O) groups is 1. The number of halogens is 2. The molecule has 1 rings (SSSR count). The molecular formula is C10H10BrClO4. The molecule has 0 aliphatic heterocycles. The molecule has 1 atom stereocenters. The Morgan fingerprint density at radius 2 is 2.31 bits per heavy atom. The number of aliphatic carboxylic acids is 1. The fraction of sp³-hybridized carbons (Fsp3) is 0.300. The predicted molar refractivity (Wildman–Crippen MR) is 63.1 cm³/mol. The van der Waals surface area contributed by atoms with Crippen LogP contribution in [0.25, 0.3) is 0 Å². The molecule has 0 aliphatic carbocycles. The number of carboxylic acid groups (broad SMARTS) is 1. The summed E-state index contributed by atoms with van der Waals surface area (Å²) in [5.74, 6) is -0.669. The molecule has 0 heterocycles. The van der Waals surface area contributed by atoms with Crippen LogP contribution in [0.15, 0.2) is 22.7 Å². The van der Waals surface area contributed by atoms with Crippen molar-refractivity contribution in [1.29, 1.82) is 0 Å². The van der Waals surface area contributed by atoms with Crippen molar-refractivity contribution in [2.24, 2.45) is 0 Å². The third kappa shape index (κ3) is 3.66. The van der Waals surface area contributed by atoms with Gasteiger partial charge in [-0.25, -0.2) is 4.79 Å². The van der Waals surface area contributed by atoms with Gasteiger partial charge < -0.3 is 14.6 Å². The van der Waals surface area contributed by atoms with Gasteiger partial charge in [0.1, 0.15) is 5.75 Å². The van der Waals surface area contributed by atoms with Crippen molar-refractivity contribution >= 4 is 33.5 Å². The van der Waals surface area contributed by atoms with Crippen molar-refractivity contribution in [2.45, 2.75) is 6.10 Å². The zero-order chi connectivity index (χ0) is 12.1. The van der Waals surface area contributed by atoms with Crippen molar-refractivity contribution < 1.29 is 19.4 Å². The van der Waals surface area contributed by atoms with Gasteiger partial charge >= 0.3 is 5.97 Å². The van der Waals surface area contributed by atoms with Gasteiger partial charge in [0.15, 0.2) is 0 Å². The van der Waals surface area contributed by atoms with Crippen LogP contribution in [0.4, 0.5) is 0 Å². The second-order valence-corrected chi connectivity index (χ2v) is 4.27. The fourth-order valence-electron chi connectivity index (χ4n) is 1.03. The summed E-state index contributed by atoms with van der Waals surface area (Å²) in [6, 6.07) is 4.84. The highest BCUT2D eigenvalue weighted by Crippen LogP contribution is 2.28. The van der Waals surface area contributed by atoms with Crippen molar-refractivity contribution in [2.75, 3.05) is 13.7 Å². The van der Waals surface area contributed by atoms with Crippen molar-refractivity contribution in [3.8, 4) is 5.75 Å². The summed E-state index contributed by atoms with van der Waals surface area (Å²) in [6.45, 7) is -0.0234. The van der Waals surface area contributed by atoms with Crippen LogP contribution < -0.4 is 4.74 Å². The summed E-state index contributed by atoms with van der Waals surface area (Å²) < 4.78 is 10.6. The van der Waals surface area contributed by atoms with Crippen molar-refractivity contribution in [3.63, 3.8) is 0 Å². The molecule has 0 bridgehead atoms. The molecule has 0 saturated carbocycles. The number of carboxylic acids is 1. The van der Waals surface area contributed by atoms with Gasteiger partial charge in [-0.2, -0.15) is 0 Å². The number of benzene rings is 1. The number of ether oxygens (including phenoxy) is 2. The molecule has 1 aromatic rings. The first kappa shape index (κ1) is 13.3. The van der Waals surface area contributed by atoms with E-state index in [0.29, 0.717) is 15.2 Å². The van der Waals surface area contributed by atoms with Crippen LogP contribution >= 0.6 is 27.5 Å². The Balaban J connectivity index is 2.81. The zero-order valence-corrected chi connectivity index (χ0v) is 10.8. The Bertz CT molecular complexity index is 383. The third-order valence-electron chi connectivity index (χ3n) is 1.76. The van der Waals surface area contributed by atoms with Gasteiger partial charge in [-0.05, 0) is 34.1 Å². The first-order valence-corrected chi connectivity index (χ1v) is 5.55. The lowest BCUT2D eigenvalue weighted by molar-refractivity contribution is -0.147. The lowest BCUT2D eigenvalue weighted by Gasteiger charge is -2.15. The quantitative estimate of drug-likeness (QED) is 0.908. The Labute approximate surface area is 106 Å². The van der Waals surface area contributed by atoms with E-state index in [1.165, 1.54) is 7.11 Å². The number of hydrogen-bond donors (Lipinski definition) is 1. The van der Waals surface area contributed by atoms with E-state index < -0.39 is 12.1 Å². The van der Waals surface area contributed by atoms with Gasteiger partial charge in [0.05, 0.1) is 11.1 Å². The van der Waals surface area contributed by atoms with E-state index in [4.69, 9.17) is 26.2 Å². The van der Waals surface area contributed by atoms with Gasteiger partial charge in [-0.3, -0.25) is 0 Å². The molecule has 6 heteroatoms. The van der Waals surface area contributed by atoms with E-state index in [1.54, 1.807) is 18.2 Å². The molecule has 1 aromatic carbocycles. The molecule has 0 spiro atoms. The number of methoxy groups -OCH3 is 1. The summed E-state index contributed by atoms with van der Waals surface area (Å²) in [5, 5.41) is 9.40. The van der Waals surface area contributed by atoms with E-state index >= 15 is 0 Å². The molecule has 4 nitrogen and oxygen atoms in total. The highest BCUT2D eigenvalue weighted by Gasteiger charge is 2.20. The summed E-state index contributed by atoms with van der Waals surface area (Å²) in [4.78, 5) is 10.8.